The number of nitrogens with zero attached hydrogens (tertiary/aromatic N) is 2. The molecule has 0 aliphatic heterocycles. The normalized spacial score (nSPS) is 10.5. The number of esters is 2. The molecule has 0 unspecified atom stereocenters. The Kier molecular flexibility index (Phi) is 11.0. The summed E-state index contributed by atoms with van der Waals surface area (Å²) in [7, 11) is 6.34. The van der Waals surface area contributed by atoms with E-state index in [-0.39, 0.29) is 57.3 Å². The van der Waals surface area contributed by atoms with Crippen LogP contribution in [0, 0.1) is 13.8 Å². The Bertz CT molecular complexity index is 1500. The maximum atomic E-state index is 13.1. The van der Waals surface area contributed by atoms with Crippen molar-refractivity contribution in [2.45, 2.75) is 27.7 Å². The second kappa shape index (κ2) is 14.3. The number of carbonyl (C=O) groups is 6. The molecule has 0 fully saturated rings. The number of amides is 4. The van der Waals surface area contributed by atoms with Gasteiger partial charge in [-0.25, -0.2) is 9.59 Å². The average molecular weight is 643 g/mol. The van der Waals surface area contributed by atoms with Crippen molar-refractivity contribution in [3.63, 3.8) is 0 Å². The Labute approximate surface area is 262 Å². The van der Waals surface area contributed by atoms with E-state index in [0.29, 0.717) is 20.9 Å². The highest BCUT2D eigenvalue weighted by Gasteiger charge is 2.29. The van der Waals surface area contributed by atoms with E-state index in [0.717, 1.165) is 22.7 Å². The summed E-state index contributed by atoms with van der Waals surface area (Å²) in [5.74, 6) is -3.11. The molecule has 44 heavy (non-hydrogen) atoms. The minimum atomic E-state index is -0.664. The van der Waals surface area contributed by atoms with Crippen LogP contribution in [0.25, 0.3) is 0 Å². The molecule has 0 saturated heterocycles. The lowest BCUT2D eigenvalue weighted by molar-refractivity contribution is 0.0517. The zero-order valence-corrected chi connectivity index (χ0v) is 27.3. The molecule has 0 atom stereocenters. The van der Waals surface area contributed by atoms with Gasteiger partial charge in [0.15, 0.2) is 0 Å². The molecule has 1 aromatic carbocycles. The van der Waals surface area contributed by atoms with Crippen molar-refractivity contribution in [1.29, 1.82) is 0 Å². The van der Waals surface area contributed by atoms with E-state index in [1.807, 2.05) is 0 Å². The molecule has 3 aromatic rings. The summed E-state index contributed by atoms with van der Waals surface area (Å²) >= 11 is 1.94. The van der Waals surface area contributed by atoms with E-state index >= 15 is 0 Å². The number of hydrogen-bond donors (Lipinski definition) is 2. The van der Waals surface area contributed by atoms with Gasteiger partial charge in [0, 0.05) is 39.3 Å². The van der Waals surface area contributed by atoms with Gasteiger partial charge >= 0.3 is 11.9 Å². The van der Waals surface area contributed by atoms with Crippen LogP contribution in [0.4, 0.5) is 10.0 Å². The van der Waals surface area contributed by atoms with E-state index in [1.165, 1.54) is 34.1 Å². The predicted octanol–water partition coefficient (Wildman–Crippen LogP) is 4.69. The fraction of sp³-hybridized carbons (Fsp3) is 0.333. The van der Waals surface area contributed by atoms with Crippen LogP contribution < -0.4 is 10.6 Å². The highest BCUT2D eigenvalue weighted by Crippen LogP contribution is 2.36. The quantitative estimate of drug-likeness (QED) is 0.303. The van der Waals surface area contributed by atoms with Gasteiger partial charge in [-0.15, -0.1) is 22.7 Å². The number of ether oxygens (including phenoxy) is 2. The molecule has 0 spiro atoms. The second-order valence-corrected chi connectivity index (χ2v) is 11.9. The molecule has 0 aliphatic rings. The lowest BCUT2D eigenvalue weighted by Crippen LogP contribution is -2.21. The zero-order chi connectivity index (χ0) is 32.9. The fourth-order valence-corrected chi connectivity index (χ4v) is 6.46. The van der Waals surface area contributed by atoms with Crippen LogP contribution in [-0.4, -0.2) is 86.8 Å². The SMILES string of the molecule is CCOC(=O)c1c(NC(=O)c2ccc(C(=O)Nc3sc(C(=O)N(C)C)c(C)c3C(=O)OCC)cc2)sc(C(=O)N(C)C)c1C. The van der Waals surface area contributed by atoms with Gasteiger partial charge in [-0.2, -0.15) is 0 Å². The molecule has 0 bridgehead atoms. The predicted molar refractivity (Wildman–Crippen MR) is 168 cm³/mol. The average Bonchev–Trinajstić information content (AvgIpc) is 3.47. The number of carbonyl (C=O) groups excluding carboxylic acids is 6. The first-order valence-electron chi connectivity index (χ1n) is 13.5. The first kappa shape index (κ1) is 33.9. The molecule has 2 N–H and O–H groups in total. The molecule has 2 aromatic heterocycles. The molecule has 0 aliphatic carbocycles. The van der Waals surface area contributed by atoms with Crippen molar-refractivity contribution in [3.8, 4) is 0 Å². The Morgan fingerprint density at radius 3 is 1.23 bits per heavy atom. The van der Waals surface area contributed by atoms with Gasteiger partial charge in [-0.1, -0.05) is 0 Å². The molecule has 4 amide bonds. The number of anilines is 2. The van der Waals surface area contributed by atoms with Gasteiger partial charge in [0.25, 0.3) is 23.6 Å². The van der Waals surface area contributed by atoms with Crippen LogP contribution in [0.1, 0.15) is 85.7 Å². The third-order valence-electron chi connectivity index (χ3n) is 6.32. The number of thiophene rings is 2. The van der Waals surface area contributed by atoms with E-state index in [9.17, 15) is 28.8 Å². The van der Waals surface area contributed by atoms with Crippen LogP contribution in [0.3, 0.4) is 0 Å². The molecule has 12 nitrogen and oxygen atoms in total. The maximum Gasteiger partial charge on any atom is 0.341 e. The van der Waals surface area contributed by atoms with Crippen molar-refractivity contribution < 1.29 is 38.2 Å². The maximum absolute atomic E-state index is 13.1. The topological polar surface area (TPSA) is 151 Å². The van der Waals surface area contributed by atoms with E-state index in [2.05, 4.69) is 10.6 Å². The Hall–Kier alpha value is -4.56. The molecule has 0 saturated carbocycles. The Morgan fingerprint density at radius 1 is 0.636 bits per heavy atom. The minimum absolute atomic E-state index is 0.0992. The van der Waals surface area contributed by atoms with Crippen LogP contribution in [-0.2, 0) is 9.47 Å². The number of benzene rings is 1. The largest absolute Gasteiger partial charge is 0.462 e. The lowest BCUT2D eigenvalue weighted by Gasteiger charge is -2.09. The molecule has 3 rings (SSSR count). The molecule has 2 heterocycles. The molecular formula is C30H34N4O8S2. The third-order valence-corrected chi connectivity index (χ3v) is 8.71. The second-order valence-electron chi connectivity index (χ2n) is 9.85. The Balaban J connectivity index is 1.87. The summed E-state index contributed by atoms with van der Waals surface area (Å²) < 4.78 is 10.3. The van der Waals surface area contributed by atoms with Crippen LogP contribution in [0.15, 0.2) is 24.3 Å². The molecular weight excluding hydrogens is 608 g/mol. The first-order valence-corrected chi connectivity index (χ1v) is 15.1. The summed E-state index contributed by atoms with van der Waals surface area (Å²) in [5, 5.41) is 5.72. The minimum Gasteiger partial charge on any atom is -0.462 e. The van der Waals surface area contributed by atoms with Gasteiger partial charge in [-0.3, -0.25) is 19.2 Å². The highest BCUT2D eigenvalue weighted by atomic mass is 32.1. The number of hydrogen-bond acceptors (Lipinski definition) is 10. The van der Waals surface area contributed by atoms with E-state index in [4.69, 9.17) is 9.47 Å². The first-order chi connectivity index (χ1) is 20.7. The van der Waals surface area contributed by atoms with Crippen LogP contribution in [0.2, 0.25) is 0 Å². The van der Waals surface area contributed by atoms with Gasteiger partial charge < -0.3 is 29.9 Å². The van der Waals surface area contributed by atoms with E-state index < -0.39 is 23.8 Å². The van der Waals surface area contributed by atoms with Crippen LogP contribution >= 0.6 is 22.7 Å². The fourth-order valence-electron chi connectivity index (χ4n) is 4.04. The van der Waals surface area contributed by atoms with Crippen molar-refractivity contribution in [2.24, 2.45) is 0 Å². The summed E-state index contributed by atoms with van der Waals surface area (Å²) in [6, 6.07) is 5.70. The van der Waals surface area contributed by atoms with Gasteiger partial charge in [-0.05, 0) is 63.1 Å². The van der Waals surface area contributed by atoms with Crippen molar-refractivity contribution in [1.82, 2.24) is 9.80 Å². The standard InChI is InChI=1S/C30H34N4O8S2/c1-9-41-29(39)19-15(3)21(27(37)33(5)6)43-25(19)31-23(35)17-11-13-18(14-12-17)24(36)32-26-20(30(40)42-10-2)16(4)22(44-26)28(38)34(7)8/h11-14H,9-10H2,1-8H3,(H,31,35)(H,32,36). The molecule has 0 radical (unpaired) electrons. The smallest absolute Gasteiger partial charge is 0.341 e. The van der Waals surface area contributed by atoms with Gasteiger partial charge in [0.1, 0.15) is 10.0 Å². The van der Waals surface area contributed by atoms with Gasteiger partial charge in [0.2, 0.25) is 0 Å². The van der Waals surface area contributed by atoms with E-state index in [1.54, 1.807) is 55.9 Å². The molecule has 234 valence electrons. The van der Waals surface area contributed by atoms with Crippen LogP contribution in [0.5, 0.6) is 0 Å². The monoisotopic (exact) mass is 642 g/mol. The third kappa shape index (κ3) is 7.14. The van der Waals surface area contributed by atoms with Gasteiger partial charge in [0.05, 0.1) is 34.1 Å². The Morgan fingerprint density at radius 2 is 0.955 bits per heavy atom. The summed E-state index contributed by atoms with van der Waals surface area (Å²) in [5.41, 5.74) is 1.36. The molecule has 14 heteroatoms. The zero-order valence-electron chi connectivity index (χ0n) is 25.7. The highest BCUT2D eigenvalue weighted by molar-refractivity contribution is 7.19. The van der Waals surface area contributed by atoms with Crippen molar-refractivity contribution >= 4 is 68.2 Å². The van der Waals surface area contributed by atoms with Crippen molar-refractivity contribution in [3.05, 3.63) is 67.4 Å². The lowest BCUT2D eigenvalue weighted by atomic mass is 10.1. The summed E-state index contributed by atoms with van der Waals surface area (Å²) in [6.45, 7) is 6.76. The summed E-state index contributed by atoms with van der Waals surface area (Å²) in [6.07, 6.45) is 0. The number of nitrogens with one attached hydrogen (secondary N) is 2. The van der Waals surface area contributed by atoms with Crippen molar-refractivity contribution in [2.75, 3.05) is 52.0 Å². The summed E-state index contributed by atoms with van der Waals surface area (Å²) in [4.78, 5) is 80.3. The number of rotatable bonds is 10.